The second kappa shape index (κ2) is 11.5. The van der Waals surface area contributed by atoms with Gasteiger partial charge in [0.25, 0.3) is 11.8 Å². The Morgan fingerprint density at radius 3 is 2.71 bits per heavy atom. The molecule has 2 aliphatic rings. The Balaban J connectivity index is 1.58. The molecule has 1 saturated heterocycles. The number of carbonyl (C=O) groups is 4. The average Bonchev–Trinajstić information content (AvgIpc) is 3.29. The van der Waals surface area contributed by atoms with Crippen molar-refractivity contribution in [2.45, 2.75) is 38.6 Å². The number of β-lactam (4-membered cyclic amide) rings is 1. The van der Waals surface area contributed by atoms with E-state index in [0.29, 0.717) is 5.75 Å². The van der Waals surface area contributed by atoms with Crippen LogP contribution in [0.4, 0.5) is 5.13 Å². The summed E-state index contributed by atoms with van der Waals surface area (Å²) in [6, 6.07) is -0.892. The summed E-state index contributed by atoms with van der Waals surface area (Å²) < 4.78 is 10.1. The number of carbonyl (C=O) groups excluding carboxylic acids is 4. The van der Waals surface area contributed by atoms with E-state index in [4.69, 9.17) is 20.0 Å². The van der Waals surface area contributed by atoms with Crippen molar-refractivity contribution in [3.8, 4) is 0 Å². The highest BCUT2D eigenvalue weighted by molar-refractivity contribution is 8.00. The smallest absolute Gasteiger partial charge is 0.357 e. The van der Waals surface area contributed by atoms with Crippen molar-refractivity contribution in [2.75, 3.05) is 25.4 Å². The number of esters is 2. The lowest BCUT2D eigenvalue weighted by atomic mass is 9.94. The SMILES string of the molecule is CCC(C)C(C)C(=O)OCOC(=O)C1=CCS[C@@H]2C(NC(=O)C(=NOC)c3csc(N)n3)C(=O)N12. The molecule has 0 aliphatic carbocycles. The number of anilines is 1. The Morgan fingerprint density at radius 2 is 2.09 bits per heavy atom. The van der Waals surface area contributed by atoms with Crippen molar-refractivity contribution >= 4 is 57.7 Å². The maximum absolute atomic E-state index is 12.8. The van der Waals surface area contributed by atoms with Crippen LogP contribution in [0.15, 0.2) is 22.3 Å². The molecular formula is C21H27N5O7S2. The van der Waals surface area contributed by atoms with E-state index in [2.05, 4.69) is 15.5 Å². The molecule has 2 aliphatic heterocycles. The minimum Gasteiger partial charge on any atom is -0.428 e. The van der Waals surface area contributed by atoms with Gasteiger partial charge in [-0.1, -0.05) is 32.3 Å². The average molecular weight is 526 g/mol. The Morgan fingerprint density at radius 1 is 1.34 bits per heavy atom. The minimum absolute atomic E-state index is 0.0355. The van der Waals surface area contributed by atoms with Gasteiger partial charge in [0.05, 0.1) is 5.92 Å². The van der Waals surface area contributed by atoms with E-state index in [9.17, 15) is 19.2 Å². The van der Waals surface area contributed by atoms with Crippen LogP contribution < -0.4 is 11.1 Å². The van der Waals surface area contributed by atoms with Gasteiger partial charge in [0, 0.05) is 11.1 Å². The number of aromatic nitrogens is 1. The van der Waals surface area contributed by atoms with Gasteiger partial charge in [-0.05, 0) is 12.0 Å². The molecule has 0 radical (unpaired) electrons. The van der Waals surface area contributed by atoms with Crippen molar-refractivity contribution in [1.29, 1.82) is 0 Å². The van der Waals surface area contributed by atoms with E-state index >= 15 is 0 Å². The summed E-state index contributed by atoms with van der Waals surface area (Å²) >= 11 is 2.50. The van der Waals surface area contributed by atoms with E-state index < -0.39 is 42.0 Å². The standard InChI is InChI=1S/C21H27N5O7S2/c1-5-10(2)11(3)19(29)32-9-33-20(30)13-6-7-34-18-15(17(28)26(13)18)24-16(27)14(25-31-4)12-8-35-21(22)23-12/h6,8,10-11,15,18H,5,7,9H2,1-4H3,(H2,22,23)(H,24,27)/t10?,11?,15?,18-/m1/s1. The van der Waals surface area contributed by atoms with Crippen molar-refractivity contribution in [3.63, 3.8) is 0 Å². The molecular weight excluding hydrogens is 498 g/mol. The number of hydrogen-bond donors (Lipinski definition) is 2. The van der Waals surface area contributed by atoms with Crippen LogP contribution in [-0.2, 0) is 33.5 Å². The first-order valence-electron chi connectivity index (χ1n) is 10.8. The molecule has 1 fully saturated rings. The highest BCUT2D eigenvalue weighted by atomic mass is 32.2. The molecule has 1 aromatic rings. The molecule has 190 valence electrons. The third kappa shape index (κ3) is 5.75. The summed E-state index contributed by atoms with van der Waals surface area (Å²) in [6.45, 7) is 5.11. The number of thioether (sulfide) groups is 1. The van der Waals surface area contributed by atoms with E-state index in [-0.39, 0.29) is 34.1 Å². The number of oxime groups is 1. The summed E-state index contributed by atoms with van der Waals surface area (Å²) in [5.41, 5.74) is 5.75. The van der Waals surface area contributed by atoms with Crippen LogP contribution in [0, 0.1) is 11.8 Å². The quantitative estimate of drug-likeness (QED) is 0.149. The van der Waals surface area contributed by atoms with Gasteiger partial charge in [-0.2, -0.15) is 0 Å². The Kier molecular flexibility index (Phi) is 8.72. The summed E-state index contributed by atoms with van der Waals surface area (Å²) in [6.07, 6.45) is 2.37. The number of amides is 2. The zero-order valence-electron chi connectivity index (χ0n) is 19.7. The molecule has 0 bridgehead atoms. The molecule has 4 atom stereocenters. The topological polar surface area (TPSA) is 163 Å². The van der Waals surface area contributed by atoms with Gasteiger partial charge in [-0.3, -0.25) is 19.3 Å². The van der Waals surface area contributed by atoms with Crippen LogP contribution in [0.25, 0.3) is 0 Å². The number of ether oxygens (including phenoxy) is 2. The zero-order valence-corrected chi connectivity index (χ0v) is 21.3. The lowest BCUT2D eigenvalue weighted by Crippen LogP contribution is -2.70. The third-order valence-corrected chi connectivity index (χ3v) is 7.62. The number of nitrogens with zero attached hydrogens (tertiary/aromatic N) is 3. The largest absolute Gasteiger partial charge is 0.428 e. The van der Waals surface area contributed by atoms with Crippen molar-refractivity contribution in [3.05, 3.63) is 22.8 Å². The van der Waals surface area contributed by atoms with Gasteiger partial charge in [-0.25, -0.2) is 9.78 Å². The number of nitrogens with one attached hydrogen (secondary N) is 1. The molecule has 12 nitrogen and oxygen atoms in total. The van der Waals surface area contributed by atoms with E-state index in [1.807, 2.05) is 13.8 Å². The molecule has 3 unspecified atom stereocenters. The number of nitrogens with two attached hydrogens (primary N) is 1. The summed E-state index contributed by atoms with van der Waals surface area (Å²) in [5, 5.41) is 7.60. The molecule has 14 heteroatoms. The Labute approximate surface area is 210 Å². The third-order valence-electron chi connectivity index (χ3n) is 5.76. The van der Waals surface area contributed by atoms with Crippen LogP contribution in [0.1, 0.15) is 32.9 Å². The van der Waals surface area contributed by atoms with Crippen molar-refractivity contribution in [1.82, 2.24) is 15.2 Å². The second-order valence-electron chi connectivity index (χ2n) is 7.85. The molecule has 0 saturated carbocycles. The number of fused-ring (bicyclic) bond motifs is 1. The van der Waals surface area contributed by atoms with Crippen LogP contribution in [0.2, 0.25) is 0 Å². The maximum atomic E-state index is 12.8. The lowest BCUT2D eigenvalue weighted by Gasteiger charge is -2.48. The Hall–Kier alpha value is -3.13. The highest BCUT2D eigenvalue weighted by Gasteiger charge is 2.53. The molecule has 2 amide bonds. The first-order chi connectivity index (χ1) is 16.7. The van der Waals surface area contributed by atoms with Gasteiger partial charge in [-0.15, -0.1) is 23.1 Å². The van der Waals surface area contributed by atoms with Crippen LogP contribution in [0.5, 0.6) is 0 Å². The molecule has 0 aromatic carbocycles. The molecule has 1 aromatic heterocycles. The van der Waals surface area contributed by atoms with E-state index in [1.54, 1.807) is 18.4 Å². The molecule has 3 N–H and O–H groups in total. The normalized spacial score (nSPS) is 21.1. The van der Waals surface area contributed by atoms with Crippen molar-refractivity contribution in [2.24, 2.45) is 17.0 Å². The van der Waals surface area contributed by atoms with Crippen LogP contribution in [-0.4, -0.2) is 70.4 Å². The fraction of sp³-hybridized carbons (Fsp3) is 0.524. The highest BCUT2D eigenvalue weighted by Crippen LogP contribution is 2.37. The maximum Gasteiger partial charge on any atom is 0.357 e. The fourth-order valence-corrected chi connectivity index (χ4v) is 5.11. The predicted molar refractivity (Wildman–Crippen MR) is 129 cm³/mol. The first-order valence-corrected chi connectivity index (χ1v) is 12.7. The molecule has 3 rings (SSSR count). The van der Waals surface area contributed by atoms with Crippen LogP contribution in [0.3, 0.4) is 0 Å². The molecule has 0 spiro atoms. The number of rotatable bonds is 10. The molecule has 3 heterocycles. The minimum atomic E-state index is -0.892. The predicted octanol–water partition coefficient (Wildman–Crippen LogP) is 1.09. The van der Waals surface area contributed by atoms with Crippen LogP contribution >= 0.6 is 23.1 Å². The fourth-order valence-electron chi connectivity index (χ4n) is 3.36. The summed E-state index contributed by atoms with van der Waals surface area (Å²) in [5.74, 6) is -2.20. The summed E-state index contributed by atoms with van der Waals surface area (Å²) in [4.78, 5) is 60.2. The number of nitrogen functional groups attached to an aromatic ring is 1. The Bertz CT molecular complexity index is 1060. The number of thiazole rings is 1. The van der Waals surface area contributed by atoms with Gasteiger partial charge in [0.15, 0.2) is 10.8 Å². The van der Waals surface area contributed by atoms with Gasteiger partial charge in [0.1, 0.15) is 29.9 Å². The zero-order chi connectivity index (χ0) is 25.7. The van der Waals surface area contributed by atoms with E-state index in [1.165, 1.54) is 23.8 Å². The first kappa shape index (κ1) is 26.5. The second-order valence-corrected chi connectivity index (χ2v) is 9.89. The van der Waals surface area contributed by atoms with Gasteiger partial charge < -0.3 is 25.4 Å². The number of hydrogen-bond acceptors (Lipinski definition) is 12. The lowest BCUT2D eigenvalue weighted by molar-refractivity contribution is -0.171. The van der Waals surface area contributed by atoms with Crippen molar-refractivity contribution < 1.29 is 33.5 Å². The molecule has 35 heavy (non-hydrogen) atoms. The summed E-state index contributed by atoms with van der Waals surface area (Å²) in [7, 11) is 1.28. The monoisotopic (exact) mass is 525 g/mol. The van der Waals surface area contributed by atoms with Gasteiger partial charge >= 0.3 is 11.9 Å². The van der Waals surface area contributed by atoms with Gasteiger partial charge in [0.2, 0.25) is 6.79 Å². The van der Waals surface area contributed by atoms with E-state index in [0.717, 1.165) is 17.8 Å².